The van der Waals surface area contributed by atoms with Gasteiger partial charge in [-0.05, 0) is 43.6 Å². The van der Waals surface area contributed by atoms with Gasteiger partial charge in [0.15, 0.2) is 11.5 Å². The van der Waals surface area contributed by atoms with Crippen molar-refractivity contribution < 1.29 is 23.8 Å². The lowest BCUT2D eigenvalue weighted by Gasteiger charge is -2.17. The molecule has 0 saturated heterocycles. The quantitative estimate of drug-likeness (QED) is 0.694. The number of esters is 1. The maximum Gasteiger partial charge on any atom is 0.328 e. The van der Waals surface area contributed by atoms with E-state index >= 15 is 0 Å². The molecular weight excluding hydrogens is 318 g/mol. The Balaban J connectivity index is 2.88. The van der Waals surface area contributed by atoms with E-state index in [0.717, 1.165) is 5.75 Å². The first-order chi connectivity index (χ1) is 11.1. The van der Waals surface area contributed by atoms with Crippen molar-refractivity contribution in [1.82, 2.24) is 5.32 Å². The number of hydrogen-bond acceptors (Lipinski definition) is 6. The van der Waals surface area contributed by atoms with Crippen molar-refractivity contribution in [3.63, 3.8) is 0 Å². The Labute approximate surface area is 140 Å². The fourth-order valence-electron chi connectivity index (χ4n) is 1.95. The predicted octanol–water partition coefficient (Wildman–Crippen LogP) is 2.12. The molecule has 0 heterocycles. The first-order valence-electron chi connectivity index (χ1n) is 7.25. The first-order valence-corrected chi connectivity index (χ1v) is 8.65. The zero-order valence-electron chi connectivity index (χ0n) is 13.9. The summed E-state index contributed by atoms with van der Waals surface area (Å²) in [6.45, 7) is 2.37. The normalized spacial score (nSPS) is 11.5. The van der Waals surface area contributed by atoms with E-state index in [1.807, 2.05) is 13.2 Å². The highest BCUT2D eigenvalue weighted by Gasteiger charge is 2.22. The Morgan fingerprint density at radius 1 is 1.26 bits per heavy atom. The van der Waals surface area contributed by atoms with Crippen molar-refractivity contribution in [2.45, 2.75) is 19.4 Å². The second kappa shape index (κ2) is 9.99. The summed E-state index contributed by atoms with van der Waals surface area (Å²) in [5.74, 6) is 0.969. The first kappa shape index (κ1) is 19.2. The average molecular weight is 341 g/mol. The van der Waals surface area contributed by atoms with Gasteiger partial charge in [-0.3, -0.25) is 4.79 Å². The van der Waals surface area contributed by atoms with Gasteiger partial charge in [0.2, 0.25) is 0 Å². The van der Waals surface area contributed by atoms with Crippen molar-refractivity contribution >= 4 is 23.6 Å². The molecule has 1 aromatic rings. The predicted molar refractivity (Wildman–Crippen MR) is 90.4 cm³/mol. The van der Waals surface area contributed by atoms with E-state index in [4.69, 9.17) is 14.2 Å². The summed E-state index contributed by atoms with van der Waals surface area (Å²) in [6.07, 6.45) is 2.45. The van der Waals surface area contributed by atoms with Gasteiger partial charge in [0, 0.05) is 5.56 Å². The summed E-state index contributed by atoms with van der Waals surface area (Å²) in [5, 5.41) is 2.70. The van der Waals surface area contributed by atoms with Crippen LogP contribution in [0.3, 0.4) is 0 Å². The molecule has 0 unspecified atom stereocenters. The van der Waals surface area contributed by atoms with Crippen LogP contribution in [0, 0.1) is 0 Å². The number of rotatable bonds is 9. The van der Waals surface area contributed by atoms with Gasteiger partial charge in [-0.1, -0.05) is 0 Å². The number of carbonyl (C=O) groups excluding carboxylic acids is 2. The van der Waals surface area contributed by atoms with Crippen LogP contribution < -0.4 is 14.8 Å². The molecule has 1 N–H and O–H groups in total. The van der Waals surface area contributed by atoms with E-state index in [9.17, 15) is 9.59 Å². The van der Waals surface area contributed by atoms with Crippen LogP contribution in [-0.2, 0) is 9.53 Å². The molecule has 1 aromatic carbocycles. The lowest BCUT2D eigenvalue weighted by molar-refractivity contribution is -0.142. The van der Waals surface area contributed by atoms with Crippen molar-refractivity contribution in [2.75, 3.05) is 32.8 Å². The molecule has 0 aliphatic carbocycles. The number of carbonyl (C=O) groups is 2. The zero-order chi connectivity index (χ0) is 17.2. The summed E-state index contributed by atoms with van der Waals surface area (Å²) < 4.78 is 15.4. The van der Waals surface area contributed by atoms with Crippen molar-refractivity contribution in [3.8, 4) is 11.5 Å². The average Bonchev–Trinajstić information content (AvgIpc) is 2.58. The van der Waals surface area contributed by atoms with Crippen LogP contribution in [0.1, 0.15) is 23.7 Å². The molecular formula is C16H23NO5S. The topological polar surface area (TPSA) is 73.9 Å². The molecule has 6 nitrogen and oxygen atoms in total. The monoisotopic (exact) mass is 341 g/mol. The minimum absolute atomic E-state index is 0.358. The number of thioether (sulfide) groups is 1. The van der Waals surface area contributed by atoms with Crippen LogP contribution in [0.4, 0.5) is 0 Å². The number of ether oxygens (including phenoxy) is 3. The smallest absolute Gasteiger partial charge is 0.328 e. The van der Waals surface area contributed by atoms with Crippen LogP contribution in [0.25, 0.3) is 0 Å². The van der Waals surface area contributed by atoms with E-state index < -0.39 is 12.0 Å². The number of nitrogens with one attached hydrogen (secondary N) is 1. The second-order valence-electron chi connectivity index (χ2n) is 4.63. The molecule has 23 heavy (non-hydrogen) atoms. The highest BCUT2D eigenvalue weighted by atomic mass is 32.2. The maximum atomic E-state index is 12.4. The van der Waals surface area contributed by atoms with Crippen LogP contribution in [0.15, 0.2) is 18.2 Å². The Morgan fingerprint density at radius 2 is 2.00 bits per heavy atom. The van der Waals surface area contributed by atoms with Gasteiger partial charge in [0.25, 0.3) is 5.91 Å². The molecule has 1 atom stereocenters. The van der Waals surface area contributed by atoms with Gasteiger partial charge in [-0.25, -0.2) is 4.79 Å². The number of methoxy groups -OCH3 is 2. The van der Waals surface area contributed by atoms with Gasteiger partial charge in [-0.2, -0.15) is 11.8 Å². The van der Waals surface area contributed by atoms with E-state index in [1.165, 1.54) is 14.2 Å². The molecule has 0 saturated carbocycles. The van der Waals surface area contributed by atoms with Crippen molar-refractivity contribution in [2.24, 2.45) is 0 Å². The van der Waals surface area contributed by atoms with Crippen molar-refractivity contribution in [3.05, 3.63) is 23.8 Å². The fraction of sp³-hybridized carbons (Fsp3) is 0.500. The number of hydrogen-bond donors (Lipinski definition) is 1. The van der Waals surface area contributed by atoms with E-state index in [-0.39, 0.29) is 5.91 Å². The van der Waals surface area contributed by atoms with Crippen molar-refractivity contribution in [1.29, 1.82) is 0 Å². The lowest BCUT2D eigenvalue weighted by atomic mass is 10.1. The minimum atomic E-state index is -0.669. The third kappa shape index (κ3) is 5.67. The van der Waals surface area contributed by atoms with E-state index in [0.29, 0.717) is 30.1 Å². The summed E-state index contributed by atoms with van der Waals surface area (Å²) in [4.78, 5) is 24.1. The van der Waals surface area contributed by atoms with Gasteiger partial charge in [-0.15, -0.1) is 0 Å². The third-order valence-corrected chi connectivity index (χ3v) is 3.77. The molecule has 0 aliphatic rings. The summed E-state index contributed by atoms with van der Waals surface area (Å²) in [5.41, 5.74) is 0.392. The fourth-order valence-corrected chi connectivity index (χ4v) is 2.42. The molecule has 0 aliphatic heterocycles. The Bertz CT molecular complexity index is 535. The Hall–Kier alpha value is -1.89. The summed E-state index contributed by atoms with van der Waals surface area (Å²) in [6, 6.07) is 4.22. The zero-order valence-corrected chi connectivity index (χ0v) is 14.7. The van der Waals surface area contributed by atoms with Gasteiger partial charge < -0.3 is 19.5 Å². The number of amides is 1. The summed E-state index contributed by atoms with van der Waals surface area (Å²) >= 11 is 1.60. The molecule has 128 valence electrons. The minimum Gasteiger partial charge on any atom is -0.493 e. The Morgan fingerprint density at radius 3 is 2.57 bits per heavy atom. The van der Waals surface area contributed by atoms with Crippen LogP contribution in [0.5, 0.6) is 11.5 Å². The molecule has 1 rings (SSSR count). The SMILES string of the molecule is CCOc1ccc(C(=O)N[C@H](CCSC)C(=O)OC)cc1OC. The van der Waals surface area contributed by atoms with Gasteiger partial charge in [0.05, 0.1) is 20.8 Å². The largest absolute Gasteiger partial charge is 0.493 e. The lowest BCUT2D eigenvalue weighted by Crippen LogP contribution is -2.41. The standard InChI is InChI=1S/C16H23NO5S/c1-5-22-13-7-6-11(10-14(13)20-2)15(18)17-12(8-9-23-4)16(19)21-3/h6-7,10,12H,5,8-9H2,1-4H3,(H,17,18)/t12-/m1/s1. The molecule has 0 aromatic heterocycles. The van der Waals surface area contributed by atoms with E-state index in [2.05, 4.69) is 5.32 Å². The van der Waals surface area contributed by atoms with Crippen LogP contribution >= 0.6 is 11.8 Å². The van der Waals surface area contributed by atoms with Gasteiger partial charge in [0.1, 0.15) is 6.04 Å². The molecule has 0 fully saturated rings. The maximum absolute atomic E-state index is 12.4. The summed E-state index contributed by atoms with van der Waals surface area (Å²) in [7, 11) is 2.82. The van der Waals surface area contributed by atoms with Gasteiger partial charge >= 0.3 is 5.97 Å². The second-order valence-corrected chi connectivity index (χ2v) is 5.61. The molecule has 7 heteroatoms. The molecule has 0 spiro atoms. The third-order valence-electron chi connectivity index (χ3n) is 3.13. The molecule has 0 radical (unpaired) electrons. The highest BCUT2D eigenvalue weighted by Crippen LogP contribution is 2.28. The van der Waals surface area contributed by atoms with Crippen LogP contribution in [0.2, 0.25) is 0 Å². The number of benzene rings is 1. The van der Waals surface area contributed by atoms with Crippen LogP contribution in [-0.4, -0.2) is 50.8 Å². The molecule has 0 bridgehead atoms. The Kier molecular flexibility index (Phi) is 8.32. The van der Waals surface area contributed by atoms with E-state index in [1.54, 1.807) is 30.0 Å². The molecule has 1 amide bonds. The highest BCUT2D eigenvalue weighted by molar-refractivity contribution is 7.98.